The van der Waals surface area contributed by atoms with E-state index in [1.54, 1.807) is 36.4 Å². The monoisotopic (exact) mass is 530 g/mol. The number of ether oxygens (including phenoxy) is 1. The number of rotatable bonds is 6. The Kier molecular flexibility index (Phi) is 7.22. The molecule has 0 saturated heterocycles. The number of carbonyl (C=O) groups is 1. The highest BCUT2D eigenvalue weighted by Gasteiger charge is 2.13. The maximum absolute atomic E-state index is 12.4. The number of hydrogen-bond acceptors (Lipinski definition) is 4. The van der Waals surface area contributed by atoms with Gasteiger partial charge in [0.05, 0.1) is 16.3 Å². The summed E-state index contributed by atoms with van der Waals surface area (Å²) < 4.78 is 7.49. The van der Waals surface area contributed by atoms with E-state index in [2.05, 4.69) is 64.9 Å². The number of amides is 1. The Bertz CT molecular complexity index is 838. The smallest absolute Gasteiger partial charge is 0.275 e. The van der Waals surface area contributed by atoms with Gasteiger partial charge in [-0.1, -0.05) is 44.5 Å². The maximum atomic E-state index is 12.4. The average Bonchev–Trinajstić information content (AvgIpc) is 2.57. The van der Waals surface area contributed by atoms with Crippen LogP contribution in [0.2, 0.25) is 0 Å². The molecule has 0 bridgehead atoms. The van der Waals surface area contributed by atoms with Gasteiger partial charge in [-0.05, 0) is 46.3 Å². The largest absolute Gasteiger partial charge is 0.506 e. The highest BCUT2D eigenvalue weighted by Crippen LogP contribution is 2.30. The summed E-state index contributed by atoms with van der Waals surface area (Å²) >= 11 is 9.89. The molecule has 0 aromatic heterocycles. The van der Waals surface area contributed by atoms with Gasteiger partial charge in [-0.25, -0.2) is 5.43 Å². The van der Waals surface area contributed by atoms with Gasteiger partial charge in [0.1, 0.15) is 18.1 Å². The summed E-state index contributed by atoms with van der Waals surface area (Å²) in [6, 6.07) is 8.47. The fraction of sp³-hybridized carbons (Fsp3) is 0.0588. The summed E-state index contributed by atoms with van der Waals surface area (Å²) in [5.74, 6) is 0.00710. The number of carbonyl (C=O) groups excluding carboxylic acids is 1. The van der Waals surface area contributed by atoms with Crippen molar-refractivity contribution in [1.29, 1.82) is 0 Å². The molecule has 0 radical (unpaired) electrons. The van der Waals surface area contributed by atoms with Crippen molar-refractivity contribution in [2.75, 3.05) is 6.61 Å². The van der Waals surface area contributed by atoms with E-state index < -0.39 is 5.91 Å². The number of benzene rings is 2. The molecule has 0 aliphatic rings. The van der Waals surface area contributed by atoms with Crippen LogP contribution >= 0.6 is 47.8 Å². The average molecular weight is 533 g/mol. The van der Waals surface area contributed by atoms with E-state index in [0.29, 0.717) is 21.3 Å². The molecule has 0 unspecified atom stereocenters. The van der Waals surface area contributed by atoms with Crippen molar-refractivity contribution in [2.45, 2.75) is 0 Å². The number of aromatic hydroxyl groups is 1. The van der Waals surface area contributed by atoms with Gasteiger partial charge in [0, 0.05) is 14.5 Å². The number of phenolic OH excluding ortho intramolecular Hbond substituents is 1. The Morgan fingerprint density at radius 3 is 2.72 bits per heavy atom. The summed E-state index contributed by atoms with van der Waals surface area (Å²) in [7, 11) is 0. The van der Waals surface area contributed by atoms with E-state index in [4.69, 9.17) is 4.74 Å². The fourth-order valence-corrected chi connectivity index (χ4v) is 3.48. The molecule has 5 nitrogen and oxygen atoms in total. The van der Waals surface area contributed by atoms with Crippen molar-refractivity contribution in [3.8, 4) is 11.5 Å². The van der Waals surface area contributed by atoms with Gasteiger partial charge in [0.25, 0.3) is 5.91 Å². The minimum Gasteiger partial charge on any atom is -0.506 e. The molecule has 0 heterocycles. The van der Waals surface area contributed by atoms with Crippen molar-refractivity contribution in [3.05, 3.63) is 67.5 Å². The van der Waals surface area contributed by atoms with E-state index in [1.165, 1.54) is 6.21 Å². The molecule has 0 spiro atoms. The van der Waals surface area contributed by atoms with E-state index in [1.807, 2.05) is 0 Å². The van der Waals surface area contributed by atoms with Gasteiger partial charge in [0.2, 0.25) is 0 Å². The molecule has 1 amide bonds. The van der Waals surface area contributed by atoms with Crippen molar-refractivity contribution in [2.24, 2.45) is 5.10 Å². The molecule has 0 aliphatic heterocycles. The normalized spacial score (nSPS) is 10.7. The van der Waals surface area contributed by atoms with Crippen LogP contribution in [0, 0.1) is 0 Å². The first-order valence-corrected chi connectivity index (χ1v) is 9.35. The molecular formula is C17H13Br3N2O3. The minimum absolute atomic E-state index is 0.0265. The van der Waals surface area contributed by atoms with E-state index in [-0.39, 0.29) is 12.4 Å². The highest BCUT2D eigenvalue weighted by atomic mass is 79.9. The Hall–Kier alpha value is -1.64. The molecule has 8 heteroatoms. The Morgan fingerprint density at radius 1 is 1.24 bits per heavy atom. The second kappa shape index (κ2) is 9.17. The summed E-state index contributed by atoms with van der Waals surface area (Å²) in [5, 5.41) is 13.9. The molecule has 2 aromatic rings. The van der Waals surface area contributed by atoms with Crippen molar-refractivity contribution < 1.29 is 14.6 Å². The standard InChI is InChI=1S/C17H13Br3N2O3/c1-2-5-25-15-4-3-11(18)7-13(15)17(24)22-21-9-10-6-12(19)8-14(20)16(10)23/h2-4,6-9,23H,1,5H2,(H,22,24)/b21-9+. The molecule has 25 heavy (non-hydrogen) atoms. The summed E-state index contributed by atoms with van der Waals surface area (Å²) in [6.45, 7) is 3.87. The van der Waals surface area contributed by atoms with E-state index >= 15 is 0 Å². The van der Waals surface area contributed by atoms with Gasteiger partial charge >= 0.3 is 0 Å². The third kappa shape index (κ3) is 5.42. The SMILES string of the molecule is C=CCOc1ccc(Br)cc1C(=O)N/N=C/c1cc(Br)cc(Br)c1O. The summed E-state index contributed by atoms with van der Waals surface area (Å²) in [6.07, 6.45) is 2.95. The van der Waals surface area contributed by atoms with Crippen LogP contribution in [-0.4, -0.2) is 23.8 Å². The number of halogens is 3. The van der Waals surface area contributed by atoms with Crippen molar-refractivity contribution in [3.63, 3.8) is 0 Å². The van der Waals surface area contributed by atoms with Crippen LogP contribution in [0.15, 0.2) is 61.5 Å². The Balaban J connectivity index is 2.18. The molecule has 0 saturated carbocycles. The molecule has 0 fully saturated rings. The fourth-order valence-electron chi connectivity index (χ4n) is 1.86. The Morgan fingerprint density at radius 2 is 2.00 bits per heavy atom. The maximum Gasteiger partial charge on any atom is 0.275 e. The van der Waals surface area contributed by atoms with Crippen LogP contribution in [0.25, 0.3) is 0 Å². The van der Waals surface area contributed by atoms with Crippen LogP contribution in [0.5, 0.6) is 11.5 Å². The third-order valence-corrected chi connectivity index (χ3v) is 4.53. The summed E-state index contributed by atoms with van der Waals surface area (Å²) in [5.41, 5.74) is 3.19. The first kappa shape index (κ1) is 19.7. The van der Waals surface area contributed by atoms with Crippen molar-refractivity contribution in [1.82, 2.24) is 5.43 Å². The molecule has 130 valence electrons. The van der Waals surface area contributed by atoms with Crippen LogP contribution in [0.3, 0.4) is 0 Å². The lowest BCUT2D eigenvalue weighted by Crippen LogP contribution is -2.19. The van der Waals surface area contributed by atoms with E-state index in [9.17, 15) is 9.90 Å². The zero-order valence-corrected chi connectivity index (χ0v) is 17.6. The number of nitrogens with zero attached hydrogens (tertiary/aromatic N) is 1. The van der Waals surface area contributed by atoms with Crippen LogP contribution in [0.1, 0.15) is 15.9 Å². The highest BCUT2D eigenvalue weighted by molar-refractivity contribution is 9.11. The molecule has 0 atom stereocenters. The van der Waals surface area contributed by atoms with Crippen LogP contribution < -0.4 is 10.2 Å². The van der Waals surface area contributed by atoms with Gasteiger partial charge in [0.15, 0.2) is 0 Å². The molecular weight excluding hydrogens is 520 g/mol. The Labute approximate surface area is 170 Å². The molecule has 2 N–H and O–H groups in total. The number of hydrazone groups is 1. The zero-order chi connectivity index (χ0) is 18.4. The lowest BCUT2D eigenvalue weighted by molar-refractivity contribution is 0.0951. The predicted molar refractivity (Wildman–Crippen MR) is 108 cm³/mol. The lowest BCUT2D eigenvalue weighted by Gasteiger charge is -2.09. The second-order valence-electron chi connectivity index (χ2n) is 4.76. The number of hydrogen-bond donors (Lipinski definition) is 2. The van der Waals surface area contributed by atoms with Crippen LogP contribution in [-0.2, 0) is 0 Å². The second-order valence-corrected chi connectivity index (χ2v) is 7.45. The van der Waals surface area contributed by atoms with Crippen molar-refractivity contribution >= 4 is 59.9 Å². The lowest BCUT2D eigenvalue weighted by atomic mass is 10.2. The first-order valence-electron chi connectivity index (χ1n) is 6.97. The molecule has 2 aromatic carbocycles. The first-order chi connectivity index (χ1) is 11.9. The number of nitrogens with one attached hydrogen (secondary N) is 1. The van der Waals surface area contributed by atoms with Gasteiger partial charge in [-0.15, -0.1) is 0 Å². The zero-order valence-electron chi connectivity index (χ0n) is 12.8. The predicted octanol–water partition coefficient (Wildman–Crippen LogP) is 5.01. The van der Waals surface area contributed by atoms with Gasteiger partial charge in [-0.3, -0.25) is 4.79 Å². The van der Waals surface area contributed by atoms with Gasteiger partial charge in [-0.2, -0.15) is 5.10 Å². The topological polar surface area (TPSA) is 70.9 Å². The summed E-state index contributed by atoms with van der Waals surface area (Å²) in [4.78, 5) is 12.4. The van der Waals surface area contributed by atoms with Gasteiger partial charge < -0.3 is 9.84 Å². The third-order valence-electron chi connectivity index (χ3n) is 2.97. The molecule has 0 aliphatic carbocycles. The number of phenols is 1. The molecule has 2 rings (SSSR count). The van der Waals surface area contributed by atoms with E-state index in [0.717, 1.165) is 8.95 Å². The minimum atomic E-state index is -0.440. The van der Waals surface area contributed by atoms with Crippen LogP contribution in [0.4, 0.5) is 0 Å². The quantitative estimate of drug-likeness (QED) is 0.312.